The Kier molecular flexibility index (Phi) is 4.09. The zero-order valence-electron chi connectivity index (χ0n) is 11.6. The van der Waals surface area contributed by atoms with E-state index in [4.69, 9.17) is 4.74 Å². The average molecular weight is 287 g/mol. The number of ether oxygens (including phenoxy) is 1. The Labute approximate surface area is 122 Å². The van der Waals surface area contributed by atoms with Gasteiger partial charge in [-0.05, 0) is 25.0 Å². The standard InChI is InChI=1S/C14H17N5O2/c20-13(10-21-12-6-2-1-3-7-12)19-8-4-5-11(9-19)14-15-17-18-16-14/h1-3,6-7,11H,4-5,8-10H2,(H,15,16,17,18)/t11-/m1/s1. The van der Waals surface area contributed by atoms with Crippen LogP contribution in [-0.2, 0) is 4.79 Å². The van der Waals surface area contributed by atoms with Gasteiger partial charge in [0.25, 0.3) is 5.91 Å². The molecule has 110 valence electrons. The first kappa shape index (κ1) is 13.5. The van der Waals surface area contributed by atoms with Crippen molar-refractivity contribution in [1.82, 2.24) is 25.5 Å². The maximum Gasteiger partial charge on any atom is 0.260 e. The number of amides is 1. The van der Waals surface area contributed by atoms with Crippen molar-refractivity contribution in [3.8, 4) is 5.75 Å². The van der Waals surface area contributed by atoms with Gasteiger partial charge >= 0.3 is 0 Å². The van der Waals surface area contributed by atoms with Crippen LogP contribution in [0.3, 0.4) is 0 Å². The Hall–Kier alpha value is -2.44. The van der Waals surface area contributed by atoms with Crippen molar-refractivity contribution < 1.29 is 9.53 Å². The first-order valence-corrected chi connectivity index (χ1v) is 7.02. The number of aromatic nitrogens is 4. The summed E-state index contributed by atoms with van der Waals surface area (Å²) in [5, 5.41) is 14.1. The Balaban J connectivity index is 1.55. The molecular weight excluding hydrogens is 270 g/mol. The van der Waals surface area contributed by atoms with Gasteiger partial charge in [0.15, 0.2) is 12.4 Å². The van der Waals surface area contributed by atoms with Crippen LogP contribution < -0.4 is 4.74 Å². The summed E-state index contributed by atoms with van der Waals surface area (Å²) in [5.41, 5.74) is 0. The van der Waals surface area contributed by atoms with Crippen LogP contribution in [-0.4, -0.2) is 51.1 Å². The lowest BCUT2D eigenvalue weighted by Crippen LogP contribution is -2.41. The highest BCUT2D eigenvalue weighted by Crippen LogP contribution is 2.23. The smallest absolute Gasteiger partial charge is 0.260 e. The third kappa shape index (κ3) is 3.36. The number of nitrogens with zero attached hydrogens (tertiary/aromatic N) is 4. The van der Waals surface area contributed by atoms with Gasteiger partial charge in [-0.15, -0.1) is 10.2 Å². The second kappa shape index (κ2) is 6.34. The van der Waals surface area contributed by atoms with Crippen LogP contribution in [0.5, 0.6) is 5.75 Å². The molecule has 0 saturated carbocycles. The Morgan fingerprint density at radius 2 is 2.24 bits per heavy atom. The maximum atomic E-state index is 12.2. The highest BCUT2D eigenvalue weighted by Gasteiger charge is 2.27. The Morgan fingerprint density at radius 3 is 3.00 bits per heavy atom. The largest absolute Gasteiger partial charge is 0.484 e. The van der Waals surface area contributed by atoms with Crippen molar-refractivity contribution in [2.45, 2.75) is 18.8 Å². The number of benzene rings is 1. The van der Waals surface area contributed by atoms with Gasteiger partial charge in [-0.1, -0.05) is 23.4 Å². The number of carbonyl (C=O) groups excluding carboxylic acids is 1. The number of rotatable bonds is 4. The average Bonchev–Trinajstić information content (AvgIpc) is 3.08. The molecule has 1 amide bonds. The lowest BCUT2D eigenvalue weighted by Gasteiger charge is -2.31. The number of tetrazole rings is 1. The normalized spacial score (nSPS) is 18.5. The molecule has 2 aromatic rings. The van der Waals surface area contributed by atoms with Crippen molar-refractivity contribution in [2.75, 3.05) is 19.7 Å². The van der Waals surface area contributed by atoms with Crippen LogP contribution >= 0.6 is 0 Å². The number of nitrogens with one attached hydrogen (secondary N) is 1. The van der Waals surface area contributed by atoms with Crippen LogP contribution in [0.2, 0.25) is 0 Å². The number of hydrogen-bond acceptors (Lipinski definition) is 5. The molecule has 1 N–H and O–H groups in total. The Bertz CT molecular complexity index is 572. The van der Waals surface area contributed by atoms with Gasteiger partial charge in [-0.25, -0.2) is 0 Å². The lowest BCUT2D eigenvalue weighted by molar-refractivity contribution is -0.134. The fourth-order valence-corrected chi connectivity index (χ4v) is 2.51. The molecule has 3 rings (SSSR count). The quantitative estimate of drug-likeness (QED) is 0.906. The number of hydrogen-bond donors (Lipinski definition) is 1. The van der Waals surface area contributed by atoms with E-state index in [0.29, 0.717) is 18.1 Å². The van der Waals surface area contributed by atoms with Crippen LogP contribution in [0, 0.1) is 0 Å². The third-order valence-corrected chi connectivity index (χ3v) is 3.61. The van der Waals surface area contributed by atoms with E-state index in [1.54, 1.807) is 0 Å². The summed E-state index contributed by atoms with van der Waals surface area (Å²) < 4.78 is 5.51. The molecule has 0 aliphatic carbocycles. The highest BCUT2D eigenvalue weighted by atomic mass is 16.5. The van der Waals surface area contributed by atoms with Crippen molar-refractivity contribution in [2.24, 2.45) is 0 Å². The molecule has 0 bridgehead atoms. The molecular formula is C14H17N5O2. The maximum absolute atomic E-state index is 12.2. The van der Waals surface area contributed by atoms with Gasteiger partial charge in [-0.3, -0.25) is 4.79 Å². The van der Waals surface area contributed by atoms with E-state index in [9.17, 15) is 4.79 Å². The summed E-state index contributed by atoms with van der Waals surface area (Å²) in [5.74, 6) is 1.53. The van der Waals surface area contributed by atoms with E-state index < -0.39 is 0 Å². The van der Waals surface area contributed by atoms with Gasteiger partial charge < -0.3 is 9.64 Å². The summed E-state index contributed by atoms with van der Waals surface area (Å²) in [6.07, 6.45) is 1.92. The fourth-order valence-electron chi connectivity index (χ4n) is 2.51. The van der Waals surface area contributed by atoms with Crippen molar-refractivity contribution in [1.29, 1.82) is 0 Å². The van der Waals surface area contributed by atoms with Crippen molar-refractivity contribution in [3.63, 3.8) is 0 Å². The molecule has 2 heterocycles. The second-order valence-electron chi connectivity index (χ2n) is 5.05. The fraction of sp³-hybridized carbons (Fsp3) is 0.429. The molecule has 1 atom stereocenters. The molecule has 7 nitrogen and oxygen atoms in total. The van der Waals surface area contributed by atoms with E-state index in [-0.39, 0.29) is 18.4 Å². The van der Waals surface area contributed by atoms with Crippen LogP contribution in [0.15, 0.2) is 30.3 Å². The van der Waals surface area contributed by atoms with Crippen molar-refractivity contribution in [3.05, 3.63) is 36.2 Å². The summed E-state index contributed by atoms with van der Waals surface area (Å²) in [4.78, 5) is 14.0. The highest BCUT2D eigenvalue weighted by molar-refractivity contribution is 5.78. The number of likely N-dealkylation sites (tertiary alicyclic amines) is 1. The third-order valence-electron chi connectivity index (χ3n) is 3.61. The molecule has 21 heavy (non-hydrogen) atoms. The summed E-state index contributed by atoms with van der Waals surface area (Å²) >= 11 is 0. The molecule has 1 aliphatic rings. The zero-order chi connectivity index (χ0) is 14.5. The minimum atomic E-state index is -0.00736. The number of para-hydroxylation sites is 1. The van der Waals surface area contributed by atoms with E-state index >= 15 is 0 Å². The molecule has 1 aromatic heterocycles. The monoisotopic (exact) mass is 287 g/mol. The van der Waals surface area contributed by atoms with Gasteiger partial charge in [0, 0.05) is 19.0 Å². The summed E-state index contributed by atoms with van der Waals surface area (Å²) in [6.45, 7) is 1.44. The molecule has 0 spiro atoms. The van der Waals surface area contributed by atoms with E-state index in [2.05, 4.69) is 20.6 Å². The number of H-pyrrole nitrogens is 1. The lowest BCUT2D eigenvalue weighted by atomic mass is 9.97. The molecule has 0 radical (unpaired) electrons. The SMILES string of the molecule is O=C(COc1ccccc1)N1CCC[C@@H](c2nn[nH]n2)C1. The predicted molar refractivity (Wildman–Crippen MR) is 74.7 cm³/mol. The minimum absolute atomic E-state index is 0.00736. The minimum Gasteiger partial charge on any atom is -0.484 e. The van der Waals surface area contributed by atoms with Gasteiger partial charge in [-0.2, -0.15) is 5.21 Å². The number of aromatic amines is 1. The molecule has 1 aliphatic heterocycles. The van der Waals surface area contributed by atoms with Crippen LogP contribution in [0.1, 0.15) is 24.6 Å². The number of carbonyl (C=O) groups is 1. The molecule has 7 heteroatoms. The first-order valence-electron chi connectivity index (χ1n) is 7.02. The van der Waals surface area contributed by atoms with E-state index in [0.717, 1.165) is 19.4 Å². The number of piperidine rings is 1. The van der Waals surface area contributed by atoms with Crippen LogP contribution in [0.25, 0.3) is 0 Å². The molecule has 1 saturated heterocycles. The molecule has 0 unspecified atom stereocenters. The van der Waals surface area contributed by atoms with E-state index in [1.807, 2.05) is 35.2 Å². The second-order valence-corrected chi connectivity index (χ2v) is 5.05. The van der Waals surface area contributed by atoms with Crippen LogP contribution in [0.4, 0.5) is 0 Å². The Morgan fingerprint density at radius 1 is 1.38 bits per heavy atom. The van der Waals surface area contributed by atoms with E-state index in [1.165, 1.54) is 0 Å². The molecule has 1 aromatic carbocycles. The van der Waals surface area contributed by atoms with Gasteiger partial charge in [0.05, 0.1) is 0 Å². The van der Waals surface area contributed by atoms with Crippen molar-refractivity contribution >= 4 is 5.91 Å². The molecule has 1 fully saturated rings. The summed E-state index contributed by atoms with van der Waals surface area (Å²) in [6, 6.07) is 9.35. The van der Waals surface area contributed by atoms with Gasteiger partial charge in [0.1, 0.15) is 5.75 Å². The zero-order valence-corrected chi connectivity index (χ0v) is 11.6. The van der Waals surface area contributed by atoms with Gasteiger partial charge in [0.2, 0.25) is 0 Å². The predicted octanol–water partition coefficient (Wildman–Crippen LogP) is 0.985. The summed E-state index contributed by atoms with van der Waals surface area (Å²) in [7, 11) is 0. The first-order chi connectivity index (χ1) is 10.3. The topological polar surface area (TPSA) is 84.0 Å².